The Bertz CT molecular complexity index is 1150. The lowest BCUT2D eigenvalue weighted by atomic mass is 10.1. The number of ether oxygens (including phenoxy) is 4. The number of methoxy groups -OCH3 is 3. The van der Waals surface area contributed by atoms with E-state index in [-0.39, 0.29) is 0 Å². The van der Waals surface area contributed by atoms with E-state index in [9.17, 15) is 0 Å². The van der Waals surface area contributed by atoms with Gasteiger partial charge in [0, 0.05) is 24.1 Å². The van der Waals surface area contributed by atoms with Crippen LogP contribution in [0.15, 0.2) is 51.9 Å². The largest absolute Gasteiger partial charge is 0.497 e. The molecule has 0 saturated carbocycles. The molecule has 0 saturated heterocycles. The van der Waals surface area contributed by atoms with E-state index in [4.69, 9.17) is 24.0 Å². The quantitative estimate of drug-likeness (QED) is 0.439. The molecule has 3 rings (SSSR count). The molecule has 0 aliphatic carbocycles. The number of aromatic nitrogens is 1. The molecule has 8 heteroatoms. The maximum atomic E-state index is 5.84. The van der Waals surface area contributed by atoms with E-state index in [0.717, 1.165) is 33.1 Å². The highest BCUT2D eigenvalue weighted by Crippen LogP contribution is 2.33. The molecule has 0 amide bonds. The molecule has 7 nitrogen and oxygen atoms in total. The predicted molar refractivity (Wildman–Crippen MR) is 129 cm³/mol. The van der Waals surface area contributed by atoms with E-state index in [1.54, 1.807) is 39.3 Å². The van der Waals surface area contributed by atoms with Crippen LogP contribution < -0.4 is 23.7 Å². The topological polar surface area (TPSA) is 66.6 Å². The highest BCUT2D eigenvalue weighted by atomic mass is 32.1. The Morgan fingerprint density at radius 3 is 2.41 bits per heavy atom. The zero-order valence-electron chi connectivity index (χ0n) is 19.3. The Morgan fingerprint density at radius 2 is 1.75 bits per heavy atom. The number of rotatable bonds is 9. The average Bonchev–Trinajstić information content (AvgIpc) is 3.23. The number of benzene rings is 2. The van der Waals surface area contributed by atoms with Crippen molar-refractivity contribution in [1.82, 2.24) is 4.68 Å². The molecule has 0 aliphatic rings. The lowest BCUT2D eigenvalue weighted by Gasteiger charge is -2.13. The predicted octanol–water partition coefficient (Wildman–Crippen LogP) is 4.69. The van der Waals surface area contributed by atoms with Crippen LogP contribution >= 0.6 is 11.3 Å². The van der Waals surface area contributed by atoms with Gasteiger partial charge in [-0.15, -0.1) is 11.3 Å². The minimum atomic E-state index is 0.431. The number of nitrogens with zero attached hydrogens (tertiary/aromatic N) is 3. The van der Waals surface area contributed by atoms with Gasteiger partial charge in [0.25, 0.3) is 0 Å². The summed E-state index contributed by atoms with van der Waals surface area (Å²) in [5.41, 5.74) is 2.65. The van der Waals surface area contributed by atoms with Crippen molar-refractivity contribution in [3.63, 3.8) is 0 Å². The van der Waals surface area contributed by atoms with Gasteiger partial charge >= 0.3 is 0 Å². The van der Waals surface area contributed by atoms with Gasteiger partial charge in [0.05, 0.1) is 39.8 Å². The third-order valence-corrected chi connectivity index (χ3v) is 5.55. The highest BCUT2D eigenvalue weighted by Gasteiger charge is 2.14. The Balaban J connectivity index is 1.97. The second-order valence-electron chi connectivity index (χ2n) is 7.36. The van der Waals surface area contributed by atoms with Crippen molar-refractivity contribution in [3.05, 3.63) is 52.1 Å². The lowest BCUT2D eigenvalue weighted by molar-refractivity contribution is 0.257. The summed E-state index contributed by atoms with van der Waals surface area (Å²) >= 11 is 1.51. The summed E-state index contributed by atoms with van der Waals surface area (Å²) in [4.78, 5) is 5.13. The molecule has 32 heavy (non-hydrogen) atoms. The molecule has 0 N–H and O–H groups in total. The van der Waals surface area contributed by atoms with Gasteiger partial charge in [0.2, 0.25) is 4.80 Å². The van der Waals surface area contributed by atoms with Crippen molar-refractivity contribution in [2.75, 3.05) is 35.0 Å². The number of hydrogen-bond acceptors (Lipinski definition) is 7. The van der Waals surface area contributed by atoms with E-state index in [2.05, 4.69) is 18.8 Å². The second-order valence-corrected chi connectivity index (χ2v) is 8.20. The lowest BCUT2D eigenvalue weighted by Crippen LogP contribution is -2.12. The summed E-state index contributed by atoms with van der Waals surface area (Å²) in [7, 11) is 6.65. The standard InChI is InChI=1S/C24H29N3O4S/c1-16(2)14-31-21-10-7-17(11-23(21)30-6)13-26-27-20(15-32-24(27)25-3)19-9-8-18(28-4)12-22(19)29-5/h7-13,15-16H,14H2,1-6H3. The number of thiazole rings is 1. The van der Waals surface area contributed by atoms with Gasteiger partial charge in [-0.05, 0) is 41.8 Å². The van der Waals surface area contributed by atoms with E-state index in [1.807, 2.05) is 41.8 Å². The molecule has 0 unspecified atom stereocenters. The van der Waals surface area contributed by atoms with Gasteiger partial charge in [-0.1, -0.05) is 13.8 Å². The molecular formula is C24H29N3O4S. The SMILES string of the molecule is CN=c1scc(-c2ccc(OC)cc2OC)n1N=Cc1ccc(OCC(C)C)c(OC)c1. The first-order valence-electron chi connectivity index (χ1n) is 10.2. The van der Waals surface area contributed by atoms with Gasteiger partial charge in [-0.2, -0.15) is 5.10 Å². The molecule has 170 valence electrons. The molecule has 0 atom stereocenters. The first kappa shape index (κ1) is 23.4. The van der Waals surface area contributed by atoms with Crippen LogP contribution in [0.4, 0.5) is 0 Å². The molecule has 0 aliphatic heterocycles. The Hall–Kier alpha value is -3.26. The van der Waals surface area contributed by atoms with Crippen LogP contribution in [-0.2, 0) is 0 Å². The Morgan fingerprint density at radius 1 is 0.969 bits per heavy atom. The minimum Gasteiger partial charge on any atom is -0.497 e. The zero-order chi connectivity index (χ0) is 23.1. The van der Waals surface area contributed by atoms with Crippen molar-refractivity contribution in [2.24, 2.45) is 16.0 Å². The van der Waals surface area contributed by atoms with Gasteiger partial charge in [-0.3, -0.25) is 4.99 Å². The van der Waals surface area contributed by atoms with Crippen LogP contribution in [0.25, 0.3) is 11.3 Å². The van der Waals surface area contributed by atoms with Crippen molar-refractivity contribution >= 4 is 17.6 Å². The molecular weight excluding hydrogens is 426 g/mol. The molecule has 1 heterocycles. The third-order valence-electron chi connectivity index (χ3n) is 4.64. The summed E-state index contributed by atoms with van der Waals surface area (Å²) in [5.74, 6) is 3.24. The maximum Gasteiger partial charge on any atom is 0.205 e. The summed E-state index contributed by atoms with van der Waals surface area (Å²) in [6.07, 6.45) is 1.77. The molecule has 0 fully saturated rings. The van der Waals surface area contributed by atoms with Crippen LogP contribution in [0.5, 0.6) is 23.0 Å². The van der Waals surface area contributed by atoms with Gasteiger partial charge in [-0.25, -0.2) is 4.68 Å². The van der Waals surface area contributed by atoms with Crippen molar-refractivity contribution < 1.29 is 18.9 Å². The first-order chi connectivity index (χ1) is 15.5. The summed E-state index contributed by atoms with van der Waals surface area (Å²) < 4.78 is 24.0. The molecule has 2 aromatic carbocycles. The minimum absolute atomic E-state index is 0.431. The van der Waals surface area contributed by atoms with E-state index in [1.165, 1.54) is 11.3 Å². The molecule has 0 radical (unpaired) electrons. The molecule has 1 aromatic heterocycles. The highest BCUT2D eigenvalue weighted by molar-refractivity contribution is 7.07. The van der Waals surface area contributed by atoms with Crippen LogP contribution in [0.1, 0.15) is 19.4 Å². The first-order valence-corrected chi connectivity index (χ1v) is 11.1. The molecule has 0 spiro atoms. The van der Waals surface area contributed by atoms with Crippen LogP contribution in [-0.4, -0.2) is 45.9 Å². The van der Waals surface area contributed by atoms with Gasteiger partial charge in [0.15, 0.2) is 11.5 Å². The normalized spacial score (nSPS) is 11.9. The van der Waals surface area contributed by atoms with Crippen LogP contribution in [0.2, 0.25) is 0 Å². The fourth-order valence-electron chi connectivity index (χ4n) is 3.02. The Kier molecular flexibility index (Phi) is 7.94. The summed E-state index contributed by atoms with van der Waals surface area (Å²) in [6.45, 7) is 4.84. The fourth-order valence-corrected chi connectivity index (χ4v) is 3.82. The van der Waals surface area contributed by atoms with Crippen LogP contribution in [0, 0.1) is 5.92 Å². The molecule has 3 aromatic rings. The maximum absolute atomic E-state index is 5.84. The van der Waals surface area contributed by atoms with Crippen LogP contribution in [0.3, 0.4) is 0 Å². The average molecular weight is 456 g/mol. The van der Waals surface area contributed by atoms with E-state index in [0.29, 0.717) is 24.0 Å². The van der Waals surface area contributed by atoms with E-state index >= 15 is 0 Å². The van der Waals surface area contributed by atoms with Crippen molar-refractivity contribution in [2.45, 2.75) is 13.8 Å². The number of hydrogen-bond donors (Lipinski definition) is 0. The van der Waals surface area contributed by atoms with E-state index < -0.39 is 0 Å². The Labute approximate surface area is 192 Å². The zero-order valence-corrected chi connectivity index (χ0v) is 20.1. The smallest absolute Gasteiger partial charge is 0.205 e. The summed E-state index contributed by atoms with van der Waals surface area (Å²) in [6, 6.07) is 11.5. The van der Waals surface area contributed by atoms with Gasteiger partial charge in [0.1, 0.15) is 11.5 Å². The third kappa shape index (κ3) is 5.31. The monoisotopic (exact) mass is 455 g/mol. The second kappa shape index (κ2) is 10.9. The fraction of sp³-hybridized carbons (Fsp3) is 0.333. The van der Waals surface area contributed by atoms with Crippen molar-refractivity contribution in [1.29, 1.82) is 0 Å². The summed E-state index contributed by atoms with van der Waals surface area (Å²) in [5, 5.41) is 6.71. The van der Waals surface area contributed by atoms with Gasteiger partial charge < -0.3 is 18.9 Å². The van der Waals surface area contributed by atoms with Crippen molar-refractivity contribution in [3.8, 4) is 34.3 Å². The molecule has 0 bridgehead atoms.